The van der Waals surface area contributed by atoms with Crippen LogP contribution in [0.4, 0.5) is 0 Å². The number of fused-ring (bicyclic) bond motifs is 3. The van der Waals surface area contributed by atoms with E-state index in [9.17, 15) is 9.90 Å². The molecule has 0 unspecified atom stereocenters. The SMILES string of the molecule is CC1(C)[C@H](O)CC[C@@]2(C)[C@H]3CC(=O)O[C@]3(C)CC[C@@H]12. The molecule has 108 valence electrons. The molecule has 3 nitrogen and oxygen atoms in total. The van der Waals surface area contributed by atoms with Crippen molar-refractivity contribution in [3.63, 3.8) is 0 Å². The largest absolute Gasteiger partial charge is 0.459 e. The summed E-state index contributed by atoms with van der Waals surface area (Å²) in [5.74, 6) is 0.771. The van der Waals surface area contributed by atoms with Gasteiger partial charge in [0.15, 0.2) is 0 Å². The second-order valence-corrected chi connectivity index (χ2v) is 8.02. The maximum Gasteiger partial charge on any atom is 0.306 e. The predicted molar refractivity (Wildman–Crippen MR) is 72.5 cm³/mol. The van der Waals surface area contributed by atoms with Crippen LogP contribution in [0.5, 0.6) is 0 Å². The first-order valence-corrected chi connectivity index (χ1v) is 7.60. The van der Waals surface area contributed by atoms with Gasteiger partial charge in [0.25, 0.3) is 0 Å². The highest BCUT2D eigenvalue weighted by atomic mass is 16.6. The molecule has 1 aliphatic heterocycles. The third-order valence-corrected chi connectivity index (χ3v) is 6.69. The van der Waals surface area contributed by atoms with Crippen molar-refractivity contribution in [2.45, 2.75) is 71.5 Å². The van der Waals surface area contributed by atoms with Gasteiger partial charge in [-0.3, -0.25) is 4.79 Å². The molecule has 0 spiro atoms. The molecule has 2 saturated carbocycles. The molecule has 0 aromatic carbocycles. The molecule has 19 heavy (non-hydrogen) atoms. The molecular weight excluding hydrogens is 240 g/mol. The molecule has 0 bridgehead atoms. The van der Waals surface area contributed by atoms with Crippen molar-refractivity contribution in [3.8, 4) is 0 Å². The molecule has 3 aliphatic rings. The Kier molecular flexibility index (Phi) is 2.65. The summed E-state index contributed by atoms with van der Waals surface area (Å²) in [6.45, 7) is 8.83. The van der Waals surface area contributed by atoms with Crippen molar-refractivity contribution in [2.75, 3.05) is 0 Å². The second kappa shape index (κ2) is 3.75. The zero-order valence-electron chi connectivity index (χ0n) is 12.5. The number of aliphatic hydroxyl groups excluding tert-OH is 1. The maximum atomic E-state index is 11.8. The van der Waals surface area contributed by atoms with Gasteiger partial charge in [-0.15, -0.1) is 0 Å². The van der Waals surface area contributed by atoms with E-state index in [0.717, 1.165) is 25.7 Å². The maximum absolute atomic E-state index is 11.8. The first-order valence-electron chi connectivity index (χ1n) is 7.60. The molecule has 0 aromatic rings. The Morgan fingerprint density at radius 3 is 2.47 bits per heavy atom. The van der Waals surface area contributed by atoms with Crippen molar-refractivity contribution in [1.29, 1.82) is 0 Å². The molecule has 1 N–H and O–H groups in total. The lowest BCUT2D eigenvalue weighted by molar-refractivity contribution is -0.183. The fraction of sp³-hybridized carbons (Fsp3) is 0.938. The van der Waals surface area contributed by atoms with E-state index in [1.165, 1.54) is 0 Å². The van der Waals surface area contributed by atoms with Gasteiger partial charge in [-0.1, -0.05) is 20.8 Å². The van der Waals surface area contributed by atoms with Crippen LogP contribution < -0.4 is 0 Å². The number of carbonyl (C=O) groups excluding carboxylic acids is 1. The molecule has 0 aromatic heterocycles. The summed E-state index contributed by atoms with van der Waals surface area (Å²) in [5, 5.41) is 10.3. The lowest BCUT2D eigenvalue weighted by Gasteiger charge is -2.60. The zero-order valence-corrected chi connectivity index (χ0v) is 12.5. The molecule has 3 fully saturated rings. The number of carbonyl (C=O) groups is 1. The van der Waals surface area contributed by atoms with Gasteiger partial charge in [0, 0.05) is 5.92 Å². The van der Waals surface area contributed by atoms with E-state index >= 15 is 0 Å². The molecule has 5 atom stereocenters. The van der Waals surface area contributed by atoms with Crippen molar-refractivity contribution in [2.24, 2.45) is 22.7 Å². The molecule has 2 aliphatic carbocycles. The molecular formula is C16H26O3. The Balaban J connectivity index is 2.00. The minimum atomic E-state index is -0.263. The zero-order chi connectivity index (χ0) is 14.1. The van der Waals surface area contributed by atoms with Gasteiger partial charge in [0.05, 0.1) is 12.5 Å². The highest BCUT2D eigenvalue weighted by Gasteiger charge is 2.64. The van der Waals surface area contributed by atoms with E-state index in [4.69, 9.17) is 4.74 Å². The normalized spacial score (nSPS) is 52.3. The van der Waals surface area contributed by atoms with Crippen LogP contribution in [0.3, 0.4) is 0 Å². The molecule has 1 heterocycles. The average molecular weight is 266 g/mol. The van der Waals surface area contributed by atoms with Crippen molar-refractivity contribution >= 4 is 5.97 Å². The Hall–Kier alpha value is -0.570. The molecule has 0 amide bonds. The summed E-state index contributed by atoms with van der Waals surface area (Å²) in [6, 6.07) is 0. The standard InChI is InChI=1S/C16H26O3/c1-14(2)10-5-8-16(4)11(9-13(18)19-16)15(10,3)7-6-12(14)17/h10-12,17H,5-9H2,1-4H3/t10-,11+,12+,15+,16+/m0/s1. The van der Waals surface area contributed by atoms with Crippen LogP contribution in [-0.2, 0) is 9.53 Å². The fourth-order valence-corrected chi connectivity index (χ4v) is 5.54. The highest BCUT2D eigenvalue weighted by Crippen LogP contribution is 2.64. The summed E-state index contributed by atoms with van der Waals surface area (Å²) in [4.78, 5) is 11.8. The van der Waals surface area contributed by atoms with Crippen LogP contribution in [0.15, 0.2) is 0 Å². The van der Waals surface area contributed by atoms with Crippen LogP contribution in [0.25, 0.3) is 0 Å². The van der Waals surface area contributed by atoms with E-state index in [-0.39, 0.29) is 28.5 Å². The van der Waals surface area contributed by atoms with Gasteiger partial charge < -0.3 is 9.84 Å². The summed E-state index contributed by atoms with van der Waals surface area (Å²) in [6.07, 6.45) is 4.21. The summed E-state index contributed by atoms with van der Waals surface area (Å²) in [7, 11) is 0. The van der Waals surface area contributed by atoms with Crippen LogP contribution in [0.1, 0.15) is 59.8 Å². The summed E-state index contributed by atoms with van der Waals surface area (Å²) >= 11 is 0. The van der Waals surface area contributed by atoms with Crippen LogP contribution >= 0.6 is 0 Å². The number of aliphatic hydroxyl groups is 1. The Morgan fingerprint density at radius 1 is 1.11 bits per heavy atom. The van der Waals surface area contributed by atoms with E-state index < -0.39 is 0 Å². The monoisotopic (exact) mass is 266 g/mol. The molecule has 1 saturated heterocycles. The Bertz CT molecular complexity index is 416. The number of ether oxygens (including phenoxy) is 1. The van der Waals surface area contributed by atoms with E-state index in [1.54, 1.807) is 0 Å². The minimum absolute atomic E-state index is 0.0293. The minimum Gasteiger partial charge on any atom is -0.459 e. The number of hydrogen-bond donors (Lipinski definition) is 1. The second-order valence-electron chi connectivity index (χ2n) is 8.02. The van der Waals surface area contributed by atoms with E-state index in [1.807, 2.05) is 0 Å². The highest BCUT2D eigenvalue weighted by molar-refractivity contribution is 5.73. The van der Waals surface area contributed by atoms with Crippen molar-refractivity contribution < 1.29 is 14.6 Å². The summed E-state index contributed by atoms with van der Waals surface area (Å²) < 4.78 is 5.66. The van der Waals surface area contributed by atoms with E-state index in [0.29, 0.717) is 18.3 Å². The van der Waals surface area contributed by atoms with Crippen LogP contribution in [0.2, 0.25) is 0 Å². The van der Waals surface area contributed by atoms with Gasteiger partial charge in [0.1, 0.15) is 5.60 Å². The third-order valence-electron chi connectivity index (χ3n) is 6.69. The third kappa shape index (κ3) is 1.63. The lowest BCUT2D eigenvalue weighted by atomic mass is 9.45. The smallest absolute Gasteiger partial charge is 0.306 e. The average Bonchev–Trinajstić information content (AvgIpc) is 2.61. The van der Waals surface area contributed by atoms with Crippen LogP contribution in [-0.4, -0.2) is 22.8 Å². The van der Waals surface area contributed by atoms with Gasteiger partial charge in [-0.05, 0) is 49.4 Å². The van der Waals surface area contributed by atoms with Gasteiger partial charge in [-0.25, -0.2) is 0 Å². The summed E-state index contributed by atoms with van der Waals surface area (Å²) in [5.41, 5.74) is -0.192. The molecule has 3 heteroatoms. The number of hydrogen-bond acceptors (Lipinski definition) is 3. The fourth-order valence-electron chi connectivity index (χ4n) is 5.54. The first kappa shape index (κ1) is 13.4. The topological polar surface area (TPSA) is 46.5 Å². The van der Waals surface area contributed by atoms with Gasteiger partial charge in [-0.2, -0.15) is 0 Å². The Labute approximate surface area is 115 Å². The number of rotatable bonds is 0. The number of esters is 1. The quantitative estimate of drug-likeness (QED) is 0.686. The van der Waals surface area contributed by atoms with Gasteiger partial charge in [0.2, 0.25) is 0 Å². The van der Waals surface area contributed by atoms with Crippen LogP contribution in [0, 0.1) is 22.7 Å². The van der Waals surface area contributed by atoms with Gasteiger partial charge >= 0.3 is 5.97 Å². The lowest BCUT2D eigenvalue weighted by Crippen LogP contribution is -2.59. The van der Waals surface area contributed by atoms with Crippen molar-refractivity contribution in [1.82, 2.24) is 0 Å². The molecule has 0 radical (unpaired) electrons. The Morgan fingerprint density at radius 2 is 1.79 bits per heavy atom. The van der Waals surface area contributed by atoms with E-state index in [2.05, 4.69) is 27.7 Å². The molecule has 3 rings (SSSR count). The first-order chi connectivity index (χ1) is 8.70. The predicted octanol–water partition coefficient (Wildman–Crippen LogP) is 2.91. The van der Waals surface area contributed by atoms with Crippen molar-refractivity contribution in [3.05, 3.63) is 0 Å².